The van der Waals surface area contributed by atoms with E-state index in [9.17, 15) is 9.59 Å². The van der Waals surface area contributed by atoms with Gasteiger partial charge in [-0.05, 0) is 59.9 Å². The predicted molar refractivity (Wildman–Crippen MR) is 170 cm³/mol. The number of morpholine rings is 1. The SMILES string of the molecule is Cc1c(NC(=O)c2ccc(C(C)(C)C)cc2)cccc1-c1cc(Nc2ccc(C(=O)N3CCOCC3)cn2)c2nccn2n1. The van der Waals surface area contributed by atoms with Crippen LogP contribution in [0.1, 0.15) is 52.6 Å². The Morgan fingerprint density at radius 3 is 2.36 bits per heavy atom. The maximum Gasteiger partial charge on any atom is 0.255 e. The fourth-order valence-electron chi connectivity index (χ4n) is 5.19. The van der Waals surface area contributed by atoms with Gasteiger partial charge in [0.2, 0.25) is 0 Å². The lowest BCUT2D eigenvalue weighted by molar-refractivity contribution is 0.0302. The van der Waals surface area contributed by atoms with Gasteiger partial charge in [-0.1, -0.05) is 45.0 Å². The highest BCUT2D eigenvalue weighted by atomic mass is 16.5. The lowest BCUT2D eigenvalue weighted by Crippen LogP contribution is -2.40. The van der Waals surface area contributed by atoms with Crippen LogP contribution in [0.3, 0.4) is 0 Å². The fraction of sp³-hybridized carbons (Fsp3) is 0.265. The molecule has 2 amide bonds. The standard InChI is InChI=1S/C34H35N7O3/c1-22-26(6-5-7-27(22)38-32(42)23-8-11-25(12-9-23)34(2,3)4)28-20-29(31-35-14-15-41(31)39-28)37-30-13-10-24(21-36-30)33(43)40-16-18-44-19-17-40/h5-15,20-21H,16-19H2,1-4H3,(H,36,37)(H,38,42). The number of aromatic nitrogens is 4. The number of fused-ring (bicyclic) bond motifs is 1. The lowest BCUT2D eigenvalue weighted by atomic mass is 9.86. The van der Waals surface area contributed by atoms with Crippen molar-refractivity contribution in [1.82, 2.24) is 24.5 Å². The zero-order chi connectivity index (χ0) is 30.8. The van der Waals surface area contributed by atoms with Crippen LogP contribution in [0.2, 0.25) is 0 Å². The molecule has 0 radical (unpaired) electrons. The number of hydrogen-bond donors (Lipinski definition) is 2. The van der Waals surface area contributed by atoms with E-state index in [1.54, 1.807) is 40.1 Å². The lowest BCUT2D eigenvalue weighted by Gasteiger charge is -2.26. The zero-order valence-electron chi connectivity index (χ0n) is 25.3. The van der Waals surface area contributed by atoms with Crippen molar-refractivity contribution in [2.24, 2.45) is 0 Å². The number of carbonyl (C=O) groups excluding carboxylic acids is 2. The summed E-state index contributed by atoms with van der Waals surface area (Å²) in [6.07, 6.45) is 5.05. The number of anilines is 3. The maximum absolute atomic E-state index is 13.1. The van der Waals surface area contributed by atoms with Crippen LogP contribution in [0.4, 0.5) is 17.2 Å². The molecule has 2 N–H and O–H groups in total. The van der Waals surface area contributed by atoms with Crippen LogP contribution < -0.4 is 10.6 Å². The van der Waals surface area contributed by atoms with Crippen molar-refractivity contribution in [3.8, 4) is 11.3 Å². The Labute approximate surface area is 256 Å². The quantitative estimate of drug-likeness (QED) is 0.255. The van der Waals surface area contributed by atoms with Crippen molar-refractivity contribution in [3.05, 3.63) is 102 Å². The highest BCUT2D eigenvalue weighted by Gasteiger charge is 2.20. The monoisotopic (exact) mass is 589 g/mol. The van der Waals surface area contributed by atoms with Crippen LogP contribution in [0.15, 0.2) is 79.3 Å². The van der Waals surface area contributed by atoms with Gasteiger partial charge in [-0.25, -0.2) is 14.5 Å². The number of amides is 2. The molecule has 4 heterocycles. The molecule has 6 rings (SSSR count). The number of hydrogen-bond acceptors (Lipinski definition) is 7. The van der Waals surface area contributed by atoms with E-state index in [1.165, 1.54) is 5.56 Å². The number of nitrogens with zero attached hydrogens (tertiary/aromatic N) is 5. The van der Waals surface area contributed by atoms with Crippen molar-refractivity contribution in [1.29, 1.82) is 0 Å². The van der Waals surface area contributed by atoms with Crippen molar-refractivity contribution in [2.45, 2.75) is 33.1 Å². The van der Waals surface area contributed by atoms with Gasteiger partial charge in [0.25, 0.3) is 11.8 Å². The number of benzene rings is 2. The fourth-order valence-corrected chi connectivity index (χ4v) is 5.19. The summed E-state index contributed by atoms with van der Waals surface area (Å²) in [6, 6.07) is 19.0. The second kappa shape index (κ2) is 11.9. The van der Waals surface area contributed by atoms with Crippen molar-refractivity contribution in [3.63, 3.8) is 0 Å². The molecule has 10 nitrogen and oxygen atoms in total. The normalized spacial score (nSPS) is 13.6. The number of pyridine rings is 1. The zero-order valence-corrected chi connectivity index (χ0v) is 25.3. The van der Waals surface area contributed by atoms with Gasteiger partial charge in [0.15, 0.2) is 5.65 Å². The molecule has 2 aromatic carbocycles. The van der Waals surface area contributed by atoms with Crippen LogP contribution in [0.5, 0.6) is 0 Å². The van der Waals surface area contributed by atoms with Crippen LogP contribution >= 0.6 is 0 Å². The molecule has 1 saturated heterocycles. The summed E-state index contributed by atoms with van der Waals surface area (Å²) in [6.45, 7) is 10.6. The minimum Gasteiger partial charge on any atom is -0.378 e. The molecule has 0 saturated carbocycles. The van der Waals surface area contributed by atoms with E-state index in [4.69, 9.17) is 9.84 Å². The van der Waals surface area contributed by atoms with Crippen LogP contribution in [0.25, 0.3) is 16.9 Å². The Morgan fingerprint density at radius 2 is 1.66 bits per heavy atom. The summed E-state index contributed by atoms with van der Waals surface area (Å²) in [5.74, 6) is 0.340. The van der Waals surface area contributed by atoms with Gasteiger partial charge in [-0.15, -0.1) is 0 Å². The van der Waals surface area contributed by atoms with E-state index in [-0.39, 0.29) is 17.2 Å². The predicted octanol–water partition coefficient (Wildman–Crippen LogP) is 5.87. The van der Waals surface area contributed by atoms with E-state index >= 15 is 0 Å². The molecular weight excluding hydrogens is 554 g/mol. The third-order valence-electron chi connectivity index (χ3n) is 7.80. The van der Waals surface area contributed by atoms with E-state index in [1.807, 2.05) is 55.5 Å². The molecule has 224 valence electrons. The van der Waals surface area contributed by atoms with E-state index in [2.05, 4.69) is 41.4 Å². The second-order valence-electron chi connectivity index (χ2n) is 11.9. The molecule has 1 aliphatic rings. The van der Waals surface area contributed by atoms with Gasteiger partial charge in [-0.2, -0.15) is 5.10 Å². The molecule has 0 atom stereocenters. The van der Waals surface area contributed by atoms with Crippen molar-refractivity contribution < 1.29 is 14.3 Å². The molecule has 10 heteroatoms. The van der Waals surface area contributed by atoms with Crippen LogP contribution in [-0.2, 0) is 10.2 Å². The van der Waals surface area contributed by atoms with Gasteiger partial charge in [-0.3, -0.25) is 9.59 Å². The first-order valence-corrected chi connectivity index (χ1v) is 14.6. The maximum atomic E-state index is 13.1. The van der Waals surface area contributed by atoms with Gasteiger partial charge >= 0.3 is 0 Å². The molecule has 44 heavy (non-hydrogen) atoms. The Bertz CT molecular complexity index is 1820. The summed E-state index contributed by atoms with van der Waals surface area (Å²) >= 11 is 0. The molecule has 0 unspecified atom stereocenters. The first kappa shape index (κ1) is 29.0. The Kier molecular flexibility index (Phi) is 7.84. The van der Waals surface area contributed by atoms with Gasteiger partial charge in [0.05, 0.1) is 30.2 Å². The molecule has 0 spiro atoms. The summed E-state index contributed by atoms with van der Waals surface area (Å²) in [5, 5.41) is 11.2. The molecule has 1 aliphatic heterocycles. The molecule has 1 fully saturated rings. The van der Waals surface area contributed by atoms with Crippen LogP contribution in [0, 0.1) is 6.92 Å². The second-order valence-corrected chi connectivity index (χ2v) is 11.9. The Morgan fingerprint density at radius 1 is 0.909 bits per heavy atom. The summed E-state index contributed by atoms with van der Waals surface area (Å²) in [4.78, 5) is 36.7. The number of rotatable bonds is 6. The van der Waals surface area contributed by atoms with Gasteiger partial charge in [0.1, 0.15) is 5.82 Å². The number of ether oxygens (including phenoxy) is 1. The number of nitrogens with one attached hydrogen (secondary N) is 2. The number of imidazole rings is 1. The average Bonchev–Trinajstić information content (AvgIpc) is 3.51. The largest absolute Gasteiger partial charge is 0.378 e. The Hall–Kier alpha value is -5.09. The van der Waals surface area contributed by atoms with Gasteiger partial charge in [0, 0.05) is 48.5 Å². The molecule has 0 aliphatic carbocycles. The smallest absolute Gasteiger partial charge is 0.255 e. The van der Waals surface area contributed by atoms with Crippen molar-refractivity contribution in [2.75, 3.05) is 36.9 Å². The van der Waals surface area contributed by atoms with Gasteiger partial charge < -0.3 is 20.3 Å². The minimum atomic E-state index is -0.173. The first-order valence-electron chi connectivity index (χ1n) is 14.6. The van der Waals surface area contributed by atoms with E-state index in [0.29, 0.717) is 66.0 Å². The molecule has 5 aromatic rings. The topological polar surface area (TPSA) is 114 Å². The summed E-state index contributed by atoms with van der Waals surface area (Å²) in [7, 11) is 0. The highest BCUT2D eigenvalue weighted by Crippen LogP contribution is 2.31. The third-order valence-corrected chi connectivity index (χ3v) is 7.80. The highest BCUT2D eigenvalue weighted by molar-refractivity contribution is 6.05. The molecule has 3 aromatic heterocycles. The minimum absolute atomic E-state index is 0.0125. The average molecular weight is 590 g/mol. The number of carbonyl (C=O) groups is 2. The van der Waals surface area contributed by atoms with E-state index < -0.39 is 0 Å². The third kappa shape index (κ3) is 6.02. The summed E-state index contributed by atoms with van der Waals surface area (Å²) in [5.41, 5.74) is 6.78. The molecule has 0 bridgehead atoms. The Balaban J connectivity index is 1.24. The van der Waals surface area contributed by atoms with Crippen LogP contribution in [-0.4, -0.2) is 62.6 Å². The van der Waals surface area contributed by atoms with Crippen molar-refractivity contribution >= 4 is 34.7 Å². The summed E-state index contributed by atoms with van der Waals surface area (Å²) < 4.78 is 7.06. The molecular formula is C34H35N7O3. The van der Waals surface area contributed by atoms with E-state index in [0.717, 1.165) is 11.1 Å². The first-order chi connectivity index (χ1) is 21.2.